The molecule has 5 rings (SSSR count). The average Bonchev–Trinajstić information content (AvgIpc) is 3.04. The van der Waals surface area contributed by atoms with Crippen LogP contribution in [0.15, 0.2) is 72.8 Å². The molecule has 0 bridgehead atoms. The molecule has 0 unspecified atom stereocenters. The maximum atomic E-state index is 5.46. The van der Waals surface area contributed by atoms with Crippen molar-refractivity contribution in [3.63, 3.8) is 0 Å². The number of fused-ring (bicyclic) bond motifs is 5. The van der Waals surface area contributed by atoms with Crippen LogP contribution in [0.2, 0.25) is 0 Å². The Morgan fingerprint density at radius 3 is 2.46 bits per heavy atom. The van der Waals surface area contributed by atoms with E-state index in [0.717, 1.165) is 28.0 Å². The van der Waals surface area contributed by atoms with E-state index < -0.39 is 0 Å². The molecule has 0 atom stereocenters. The summed E-state index contributed by atoms with van der Waals surface area (Å²) in [7, 11) is 1.70. The number of aryl methyl sites for hydroxylation is 1. The van der Waals surface area contributed by atoms with Crippen LogP contribution in [0.1, 0.15) is 5.69 Å². The molecule has 0 radical (unpaired) electrons. The van der Waals surface area contributed by atoms with Gasteiger partial charge in [-0.1, -0.05) is 42.5 Å². The Hall–Kier alpha value is -3.33. The highest BCUT2D eigenvalue weighted by Crippen LogP contribution is 2.37. The van der Waals surface area contributed by atoms with Crippen LogP contribution < -0.4 is 4.74 Å². The Bertz CT molecular complexity index is 1280. The summed E-state index contributed by atoms with van der Waals surface area (Å²) >= 11 is 0. The summed E-state index contributed by atoms with van der Waals surface area (Å²) in [6.45, 7) is 2.09. The first-order valence-electron chi connectivity index (χ1n) is 8.71. The van der Waals surface area contributed by atoms with Crippen LogP contribution in [0, 0.1) is 6.92 Å². The molecule has 3 heteroatoms. The van der Waals surface area contributed by atoms with Crippen LogP contribution in [-0.2, 0) is 0 Å². The van der Waals surface area contributed by atoms with Crippen molar-refractivity contribution in [3.05, 3.63) is 78.5 Å². The van der Waals surface area contributed by atoms with Gasteiger partial charge in [0.05, 0.1) is 23.7 Å². The molecule has 26 heavy (non-hydrogen) atoms. The summed E-state index contributed by atoms with van der Waals surface area (Å²) in [6.07, 6.45) is 0. The molecule has 0 saturated carbocycles. The predicted molar refractivity (Wildman–Crippen MR) is 107 cm³/mol. The van der Waals surface area contributed by atoms with E-state index in [-0.39, 0.29) is 0 Å². The molecular formula is C23H18N2O. The molecule has 0 N–H and O–H groups in total. The van der Waals surface area contributed by atoms with Gasteiger partial charge in [0.15, 0.2) is 0 Å². The maximum absolute atomic E-state index is 5.46. The lowest BCUT2D eigenvalue weighted by Crippen LogP contribution is -1.96. The fraction of sp³-hybridized carbons (Fsp3) is 0.0870. The number of hydrogen-bond donors (Lipinski definition) is 0. The number of nitrogens with zero attached hydrogens (tertiary/aromatic N) is 2. The number of benzene rings is 3. The van der Waals surface area contributed by atoms with Gasteiger partial charge in [0.2, 0.25) is 0 Å². The lowest BCUT2D eigenvalue weighted by Gasteiger charge is -2.11. The van der Waals surface area contributed by atoms with Crippen molar-refractivity contribution in [3.8, 4) is 11.4 Å². The van der Waals surface area contributed by atoms with Gasteiger partial charge in [-0.15, -0.1) is 0 Å². The van der Waals surface area contributed by atoms with E-state index in [4.69, 9.17) is 9.72 Å². The Balaban J connectivity index is 2.06. The SMILES string of the molecule is COc1cccc(-n2c3ccccc3c3c(C)nc4ccccc4c32)c1. The minimum Gasteiger partial charge on any atom is -0.497 e. The van der Waals surface area contributed by atoms with E-state index in [0.29, 0.717) is 0 Å². The van der Waals surface area contributed by atoms with E-state index in [1.807, 2.05) is 18.2 Å². The number of pyridine rings is 1. The summed E-state index contributed by atoms with van der Waals surface area (Å²) in [5.41, 5.74) is 5.53. The van der Waals surface area contributed by atoms with Crippen molar-refractivity contribution < 1.29 is 4.74 Å². The summed E-state index contributed by atoms with van der Waals surface area (Å²) < 4.78 is 7.79. The van der Waals surface area contributed by atoms with E-state index in [9.17, 15) is 0 Å². The molecule has 3 nitrogen and oxygen atoms in total. The molecular weight excluding hydrogens is 320 g/mol. The van der Waals surface area contributed by atoms with Crippen molar-refractivity contribution in [2.45, 2.75) is 6.92 Å². The third-order valence-corrected chi connectivity index (χ3v) is 5.00. The Labute approximate surface area is 151 Å². The smallest absolute Gasteiger partial charge is 0.120 e. The van der Waals surface area contributed by atoms with Gasteiger partial charge in [-0.25, -0.2) is 0 Å². The fourth-order valence-corrected chi connectivity index (χ4v) is 3.89. The monoisotopic (exact) mass is 338 g/mol. The topological polar surface area (TPSA) is 27.1 Å². The summed E-state index contributed by atoms with van der Waals surface area (Å²) in [5.74, 6) is 0.850. The van der Waals surface area contributed by atoms with E-state index in [2.05, 4.69) is 66.1 Å². The molecule has 0 aliphatic heterocycles. The van der Waals surface area contributed by atoms with Gasteiger partial charge >= 0.3 is 0 Å². The molecule has 0 aliphatic rings. The quantitative estimate of drug-likeness (QED) is 0.416. The minimum absolute atomic E-state index is 0.850. The van der Waals surface area contributed by atoms with Crippen molar-refractivity contribution in [2.75, 3.05) is 7.11 Å². The van der Waals surface area contributed by atoms with E-state index >= 15 is 0 Å². The summed E-state index contributed by atoms with van der Waals surface area (Å²) in [6, 6.07) is 25.1. The molecule has 0 aliphatic carbocycles. The normalized spacial score (nSPS) is 11.5. The van der Waals surface area contributed by atoms with E-state index in [1.54, 1.807) is 7.11 Å². The molecule has 5 aromatic rings. The molecule has 0 amide bonds. The number of hydrogen-bond acceptors (Lipinski definition) is 2. The van der Waals surface area contributed by atoms with Crippen LogP contribution in [0.5, 0.6) is 5.75 Å². The first-order chi connectivity index (χ1) is 12.8. The van der Waals surface area contributed by atoms with Crippen LogP contribution >= 0.6 is 0 Å². The Morgan fingerprint density at radius 1 is 0.846 bits per heavy atom. The first kappa shape index (κ1) is 15.0. The first-order valence-corrected chi connectivity index (χ1v) is 8.71. The highest BCUT2D eigenvalue weighted by molar-refractivity contribution is 6.18. The van der Waals surface area contributed by atoms with Crippen molar-refractivity contribution in [1.29, 1.82) is 0 Å². The van der Waals surface area contributed by atoms with Crippen molar-refractivity contribution in [2.24, 2.45) is 0 Å². The zero-order valence-electron chi connectivity index (χ0n) is 14.7. The Morgan fingerprint density at radius 2 is 1.62 bits per heavy atom. The van der Waals surface area contributed by atoms with Crippen molar-refractivity contribution in [1.82, 2.24) is 9.55 Å². The standard InChI is InChI=1S/C23H18N2O/c1-15-22-19-11-4-6-13-21(19)25(16-8-7-9-17(14-16)26-2)23(22)18-10-3-5-12-20(18)24-15/h3-14H,1-2H3. The molecule has 3 aromatic carbocycles. The number of ether oxygens (including phenoxy) is 1. The predicted octanol–water partition coefficient (Wildman–Crippen LogP) is 5.65. The zero-order chi connectivity index (χ0) is 17.7. The van der Waals surface area contributed by atoms with Crippen LogP contribution in [0.25, 0.3) is 38.4 Å². The van der Waals surface area contributed by atoms with Gasteiger partial charge in [0.25, 0.3) is 0 Å². The van der Waals surface area contributed by atoms with Gasteiger partial charge in [-0.2, -0.15) is 0 Å². The van der Waals surface area contributed by atoms with Crippen LogP contribution in [0.3, 0.4) is 0 Å². The van der Waals surface area contributed by atoms with Gasteiger partial charge in [-0.3, -0.25) is 4.98 Å². The highest BCUT2D eigenvalue weighted by Gasteiger charge is 2.17. The number of methoxy groups -OCH3 is 1. The van der Waals surface area contributed by atoms with Gasteiger partial charge < -0.3 is 9.30 Å². The largest absolute Gasteiger partial charge is 0.497 e. The number of rotatable bonds is 2. The third kappa shape index (κ3) is 2.04. The molecule has 2 aromatic heterocycles. The highest BCUT2D eigenvalue weighted by atomic mass is 16.5. The lowest BCUT2D eigenvalue weighted by atomic mass is 10.1. The third-order valence-electron chi connectivity index (χ3n) is 5.00. The maximum Gasteiger partial charge on any atom is 0.120 e. The zero-order valence-corrected chi connectivity index (χ0v) is 14.7. The summed E-state index contributed by atoms with van der Waals surface area (Å²) in [4.78, 5) is 4.86. The van der Waals surface area contributed by atoms with Crippen LogP contribution in [0.4, 0.5) is 0 Å². The van der Waals surface area contributed by atoms with Crippen LogP contribution in [-0.4, -0.2) is 16.7 Å². The lowest BCUT2D eigenvalue weighted by molar-refractivity contribution is 0.414. The number of aromatic nitrogens is 2. The second-order valence-corrected chi connectivity index (χ2v) is 6.49. The van der Waals surface area contributed by atoms with Gasteiger partial charge in [-0.05, 0) is 31.2 Å². The minimum atomic E-state index is 0.850. The Kier molecular flexibility index (Phi) is 3.22. The molecule has 0 saturated heterocycles. The second-order valence-electron chi connectivity index (χ2n) is 6.49. The van der Waals surface area contributed by atoms with Gasteiger partial charge in [0, 0.05) is 33.6 Å². The molecule has 0 spiro atoms. The number of para-hydroxylation sites is 2. The molecule has 0 fully saturated rings. The van der Waals surface area contributed by atoms with E-state index in [1.165, 1.54) is 21.8 Å². The van der Waals surface area contributed by atoms with Crippen molar-refractivity contribution >= 4 is 32.7 Å². The fourth-order valence-electron chi connectivity index (χ4n) is 3.89. The molecule has 126 valence electrons. The van der Waals surface area contributed by atoms with Gasteiger partial charge in [0.1, 0.15) is 5.75 Å². The average molecular weight is 338 g/mol. The summed E-state index contributed by atoms with van der Waals surface area (Å²) in [5, 5.41) is 3.59. The second kappa shape index (κ2) is 5.60. The molecule has 2 heterocycles.